The number of aromatic nitrogens is 2. The van der Waals surface area contributed by atoms with Gasteiger partial charge in [0.2, 0.25) is 0 Å². The number of nitrogens with two attached hydrogens (primary N) is 1. The fraction of sp³-hybridized carbons (Fsp3) is 0.353. The molecule has 1 atom stereocenters. The second-order valence-electron chi connectivity index (χ2n) is 5.66. The van der Waals surface area contributed by atoms with Crippen LogP contribution in [0.25, 0.3) is 0 Å². The van der Waals surface area contributed by atoms with Crippen molar-refractivity contribution in [2.75, 3.05) is 18.8 Å². The lowest BCUT2D eigenvalue weighted by molar-refractivity contribution is -0.00681. The van der Waals surface area contributed by atoms with Gasteiger partial charge in [0, 0.05) is 37.2 Å². The van der Waals surface area contributed by atoms with Gasteiger partial charge in [0.1, 0.15) is 5.82 Å². The van der Waals surface area contributed by atoms with E-state index >= 15 is 0 Å². The highest BCUT2D eigenvalue weighted by atomic mass is 16.5. The molecule has 6 heteroatoms. The highest BCUT2D eigenvalue weighted by Crippen LogP contribution is 2.18. The topological polar surface area (TPSA) is 81.3 Å². The zero-order valence-electron chi connectivity index (χ0n) is 12.9. The second-order valence-corrected chi connectivity index (χ2v) is 5.66. The van der Waals surface area contributed by atoms with Crippen molar-refractivity contribution in [2.24, 2.45) is 0 Å². The van der Waals surface area contributed by atoms with Crippen LogP contribution in [0.5, 0.6) is 0 Å². The second kappa shape index (κ2) is 7.19. The third-order valence-electron chi connectivity index (χ3n) is 3.90. The summed E-state index contributed by atoms with van der Waals surface area (Å²) in [6.45, 7) is 1.86. The minimum atomic E-state index is -0.0197. The number of carbonyl (C=O) groups is 1. The first-order chi connectivity index (χ1) is 11.2. The Bertz CT molecular complexity index is 663. The zero-order chi connectivity index (χ0) is 16.1. The lowest BCUT2D eigenvalue weighted by Gasteiger charge is -2.32. The third kappa shape index (κ3) is 4.04. The number of nitrogen functional groups attached to an aromatic ring is 1. The maximum Gasteiger partial charge on any atom is 0.254 e. The molecule has 2 N–H and O–H groups in total. The highest BCUT2D eigenvalue weighted by Gasteiger charge is 2.25. The molecule has 1 fully saturated rings. The number of hydrogen-bond donors (Lipinski definition) is 1. The Morgan fingerprint density at radius 2 is 2.30 bits per heavy atom. The molecule has 1 aliphatic rings. The summed E-state index contributed by atoms with van der Waals surface area (Å²) < 4.78 is 5.94. The van der Waals surface area contributed by atoms with Crippen molar-refractivity contribution in [1.29, 1.82) is 0 Å². The molecule has 0 spiro atoms. The van der Waals surface area contributed by atoms with Crippen LogP contribution in [-0.2, 0) is 11.3 Å². The van der Waals surface area contributed by atoms with Crippen molar-refractivity contribution >= 4 is 11.7 Å². The monoisotopic (exact) mass is 312 g/mol. The van der Waals surface area contributed by atoms with Crippen molar-refractivity contribution < 1.29 is 9.53 Å². The summed E-state index contributed by atoms with van der Waals surface area (Å²) in [5.41, 5.74) is 7.27. The van der Waals surface area contributed by atoms with Gasteiger partial charge >= 0.3 is 0 Å². The average molecular weight is 312 g/mol. The molecule has 0 bridgehead atoms. The summed E-state index contributed by atoms with van der Waals surface area (Å²) in [5.74, 6) is 0.339. The normalized spacial score (nSPS) is 17.9. The summed E-state index contributed by atoms with van der Waals surface area (Å²) in [5, 5.41) is 0. The van der Waals surface area contributed by atoms with Gasteiger partial charge in [-0.2, -0.15) is 0 Å². The van der Waals surface area contributed by atoms with Crippen LogP contribution in [0, 0.1) is 0 Å². The van der Waals surface area contributed by atoms with Crippen LogP contribution >= 0.6 is 0 Å². The van der Waals surface area contributed by atoms with Crippen LogP contribution in [0.2, 0.25) is 0 Å². The SMILES string of the molecule is Nc1cc(C(=O)N2CCC[C@H](OCc3cccnc3)C2)ccn1. The number of anilines is 1. The van der Waals surface area contributed by atoms with Gasteiger partial charge in [-0.05, 0) is 36.6 Å². The molecule has 0 radical (unpaired) electrons. The molecule has 1 saturated heterocycles. The van der Waals surface area contributed by atoms with E-state index in [1.165, 1.54) is 0 Å². The van der Waals surface area contributed by atoms with Gasteiger partial charge in [0.05, 0.1) is 12.7 Å². The van der Waals surface area contributed by atoms with Gasteiger partial charge in [-0.15, -0.1) is 0 Å². The van der Waals surface area contributed by atoms with Crippen molar-refractivity contribution in [2.45, 2.75) is 25.6 Å². The summed E-state index contributed by atoms with van der Waals surface area (Å²) >= 11 is 0. The predicted molar refractivity (Wildman–Crippen MR) is 86.6 cm³/mol. The molecule has 0 unspecified atom stereocenters. The molecule has 0 aliphatic carbocycles. The fourth-order valence-electron chi connectivity index (χ4n) is 2.72. The van der Waals surface area contributed by atoms with Crippen LogP contribution in [0.3, 0.4) is 0 Å². The molecule has 23 heavy (non-hydrogen) atoms. The summed E-state index contributed by atoms with van der Waals surface area (Å²) in [7, 11) is 0. The van der Waals surface area contributed by atoms with Crippen LogP contribution in [0.15, 0.2) is 42.9 Å². The Morgan fingerprint density at radius 3 is 3.09 bits per heavy atom. The number of rotatable bonds is 4. The number of piperidine rings is 1. The fourth-order valence-corrected chi connectivity index (χ4v) is 2.72. The smallest absolute Gasteiger partial charge is 0.254 e. The van der Waals surface area contributed by atoms with Crippen molar-refractivity contribution in [1.82, 2.24) is 14.9 Å². The van der Waals surface area contributed by atoms with Crippen molar-refractivity contribution in [3.63, 3.8) is 0 Å². The molecule has 120 valence electrons. The highest BCUT2D eigenvalue weighted by molar-refractivity contribution is 5.94. The van der Waals surface area contributed by atoms with E-state index in [1.807, 2.05) is 17.0 Å². The first-order valence-corrected chi connectivity index (χ1v) is 7.73. The van der Waals surface area contributed by atoms with Crippen LogP contribution in [0.4, 0.5) is 5.82 Å². The molecular weight excluding hydrogens is 292 g/mol. The molecule has 2 aromatic rings. The first-order valence-electron chi connectivity index (χ1n) is 7.73. The zero-order valence-corrected chi connectivity index (χ0v) is 12.9. The Kier molecular flexibility index (Phi) is 4.83. The van der Waals surface area contributed by atoms with Gasteiger partial charge in [0.15, 0.2) is 0 Å². The number of pyridine rings is 2. The van der Waals surface area contributed by atoms with E-state index in [0.29, 0.717) is 24.5 Å². The van der Waals surface area contributed by atoms with Gasteiger partial charge in [-0.3, -0.25) is 9.78 Å². The quantitative estimate of drug-likeness (QED) is 0.932. The molecule has 3 rings (SSSR count). The van der Waals surface area contributed by atoms with E-state index < -0.39 is 0 Å². The van der Waals surface area contributed by atoms with Crippen molar-refractivity contribution in [3.8, 4) is 0 Å². The van der Waals surface area contributed by atoms with Crippen LogP contribution < -0.4 is 5.73 Å². The number of carbonyl (C=O) groups excluding carboxylic acids is 1. The summed E-state index contributed by atoms with van der Waals surface area (Å²) in [6.07, 6.45) is 7.04. The van der Waals surface area contributed by atoms with Crippen LogP contribution in [-0.4, -0.2) is 40.0 Å². The maximum atomic E-state index is 12.5. The van der Waals surface area contributed by atoms with E-state index in [9.17, 15) is 4.79 Å². The Balaban J connectivity index is 1.58. The van der Waals surface area contributed by atoms with E-state index in [4.69, 9.17) is 10.5 Å². The van der Waals surface area contributed by atoms with Crippen LogP contribution in [0.1, 0.15) is 28.8 Å². The first kappa shape index (κ1) is 15.4. The van der Waals surface area contributed by atoms with Gasteiger partial charge in [-0.25, -0.2) is 4.98 Å². The lowest BCUT2D eigenvalue weighted by atomic mass is 10.1. The Hall–Kier alpha value is -2.47. The molecule has 0 aromatic carbocycles. The largest absolute Gasteiger partial charge is 0.384 e. The van der Waals surface area contributed by atoms with Gasteiger partial charge in [0.25, 0.3) is 5.91 Å². The minimum Gasteiger partial charge on any atom is -0.384 e. The minimum absolute atomic E-state index is 0.0197. The van der Waals surface area contributed by atoms with Gasteiger partial charge in [-0.1, -0.05) is 6.07 Å². The summed E-state index contributed by atoms with van der Waals surface area (Å²) in [6, 6.07) is 7.18. The van der Waals surface area contributed by atoms with E-state index in [-0.39, 0.29) is 12.0 Å². The standard InChI is InChI=1S/C17H20N4O2/c18-16-9-14(5-7-20-16)17(22)21-8-2-4-15(11-21)23-12-13-3-1-6-19-10-13/h1,3,5-7,9-10,15H,2,4,8,11-12H2,(H2,18,20)/t15-/m0/s1. The lowest BCUT2D eigenvalue weighted by Crippen LogP contribution is -2.43. The molecule has 1 aliphatic heterocycles. The third-order valence-corrected chi connectivity index (χ3v) is 3.90. The maximum absolute atomic E-state index is 12.5. The molecule has 2 aromatic heterocycles. The molecule has 0 saturated carbocycles. The molecular formula is C17H20N4O2. The number of hydrogen-bond acceptors (Lipinski definition) is 5. The van der Waals surface area contributed by atoms with E-state index in [0.717, 1.165) is 24.9 Å². The van der Waals surface area contributed by atoms with Crippen molar-refractivity contribution in [3.05, 3.63) is 54.0 Å². The molecule has 3 heterocycles. The number of ether oxygens (including phenoxy) is 1. The predicted octanol–water partition coefficient (Wildman–Crippen LogP) is 1.88. The van der Waals surface area contributed by atoms with Gasteiger partial charge < -0.3 is 15.4 Å². The Labute approximate surface area is 135 Å². The van der Waals surface area contributed by atoms with E-state index in [2.05, 4.69) is 9.97 Å². The molecule has 1 amide bonds. The number of likely N-dealkylation sites (tertiary alicyclic amines) is 1. The average Bonchev–Trinajstić information content (AvgIpc) is 2.60. The number of amides is 1. The molecule has 6 nitrogen and oxygen atoms in total. The number of nitrogens with zero attached hydrogens (tertiary/aromatic N) is 3. The Morgan fingerprint density at radius 1 is 1.39 bits per heavy atom. The van der Waals surface area contributed by atoms with E-state index in [1.54, 1.807) is 30.7 Å². The summed E-state index contributed by atoms with van der Waals surface area (Å²) in [4.78, 5) is 22.4.